The molecule has 0 amide bonds. The molecular weight excluding hydrogens is 244 g/mol. The molecule has 4 nitrogen and oxygen atoms in total. The Balaban J connectivity index is 2.15. The van der Waals surface area contributed by atoms with Crippen LogP contribution in [0.3, 0.4) is 0 Å². The third-order valence-electron chi connectivity index (χ3n) is 3.02. The second-order valence-electron chi connectivity index (χ2n) is 4.09. The molecule has 5 heteroatoms. The molecule has 4 rings (SSSR count). The van der Waals surface area contributed by atoms with Gasteiger partial charge in [0.2, 0.25) is 0 Å². The van der Waals surface area contributed by atoms with E-state index >= 15 is 0 Å². The number of aromatic nitrogens is 1. The monoisotopic (exact) mass is 252 g/mol. The second-order valence-corrected chi connectivity index (χ2v) is 4.89. The maximum Gasteiger partial charge on any atom is 0.192 e. The molecule has 0 radical (unpaired) electrons. The smallest absolute Gasteiger partial charge is 0.192 e. The van der Waals surface area contributed by atoms with Gasteiger partial charge in [-0.25, -0.2) is 9.82 Å². The van der Waals surface area contributed by atoms with Crippen molar-refractivity contribution in [1.82, 2.24) is 9.82 Å². The van der Waals surface area contributed by atoms with E-state index in [0.717, 1.165) is 15.7 Å². The molecule has 86 valence electrons. The summed E-state index contributed by atoms with van der Waals surface area (Å²) in [6, 6.07) is 12.7. The van der Waals surface area contributed by atoms with E-state index in [-0.39, 0.29) is 0 Å². The summed E-state index contributed by atoms with van der Waals surface area (Å²) in [5.74, 6) is 0.682. The van der Waals surface area contributed by atoms with Crippen LogP contribution in [0.2, 0.25) is 0 Å². The van der Waals surface area contributed by atoms with Crippen LogP contribution in [0.5, 0.6) is 0 Å². The molecule has 3 aromatic rings. The predicted octanol–water partition coefficient (Wildman–Crippen LogP) is 4.00. The number of benzene rings is 2. The van der Waals surface area contributed by atoms with Crippen molar-refractivity contribution in [2.75, 3.05) is 0 Å². The summed E-state index contributed by atoms with van der Waals surface area (Å²) in [4.78, 5) is 8.18. The van der Waals surface area contributed by atoms with Crippen molar-refractivity contribution >= 4 is 39.3 Å². The standard InChI is InChI=1S/C13H8N4S/c1-2-4-9-6-11-10(5-8(9)3-1)7-14-13-12(11)18-17-16-15-13/h1-7H,(H,14,15,17). The van der Waals surface area contributed by atoms with Crippen molar-refractivity contribution in [2.45, 2.75) is 4.90 Å². The quantitative estimate of drug-likeness (QED) is 0.486. The van der Waals surface area contributed by atoms with Gasteiger partial charge in [-0.3, -0.25) is 0 Å². The van der Waals surface area contributed by atoms with Gasteiger partial charge in [-0.2, -0.15) is 0 Å². The molecule has 0 spiro atoms. The van der Waals surface area contributed by atoms with Crippen molar-refractivity contribution in [3.63, 3.8) is 0 Å². The Labute approximate surface area is 107 Å². The molecule has 1 aliphatic rings. The normalized spacial score (nSPS) is 13.6. The average molecular weight is 252 g/mol. The summed E-state index contributed by atoms with van der Waals surface area (Å²) in [6.07, 6.45) is 1.85. The Morgan fingerprint density at radius 1 is 1.00 bits per heavy atom. The van der Waals surface area contributed by atoms with E-state index in [4.69, 9.17) is 0 Å². The Morgan fingerprint density at radius 3 is 2.72 bits per heavy atom. The summed E-state index contributed by atoms with van der Waals surface area (Å²) in [6.45, 7) is 0. The van der Waals surface area contributed by atoms with Crippen LogP contribution in [0.4, 0.5) is 5.82 Å². The van der Waals surface area contributed by atoms with Crippen LogP contribution in [-0.2, 0) is 0 Å². The largest absolute Gasteiger partial charge is 0.234 e. The van der Waals surface area contributed by atoms with Gasteiger partial charge in [0.1, 0.15) is 0 Å². The Kier molecular flexibility index (Phi) is 2.01. The van der Waals surface area contributed by atoms with Crippen LogP contribution in [-0.4, -0.2) is 4.98 Å². The maximum atomic E-state index is 4.33. The molecule has 2 heterocycles. The summed E-state index contributed by atoms with van der Waals surface area (Å²) >= 11 is 1.45. The van der Waals surface area contributed by atoms with Gasteiger partial charge in [0.15, 0.2) is 5.82 Å². The molecule has 0 aliphatic carbocycles. The van der Waals surface area contributed by atoms with Gasteiger partial charge in [-0.1, -0.05) is 29.5 Å². The van der Waals surface area contributed by atoms with Gasteiger partial charge in [0.05, 0.1) is 4.90 Å². The van der Waals surface area contributed by atoms with Gasteiger partial charge in [0, 0.05) is 28.9 Å². The van der Waals surface area contributed by atoms with Gasteiger partial charge < -0.3 is 0 Å². The molecule has 1 N–H and O–H groups in total. The van der Waals surface area contributed by atoms with Crippen molar-refractivity contribution in [3.8, 4) is 0 Å². The molecule has 0 saturated heterocycles. The Morgan fingerprint density at radius 2 is 1.83 bits per heavy atom. The molecule has 0 unspecified atom stereocenters. The van der Waals surface area contributed by atoms with Gasteiger partial charge in [0.25, 0.3) is 0 Å². The van der Waals surface area contributed by atoms with E-state index in [2.05, 4.69) is 44.4 Å². The van der Waals surface area contributed by atoms with Crippen LogP contribution < -0.4 is 4.83 Å². The van der Waals surface area contributed by atoms with Crippen LogP contribution >= 0.6 is 11.9 Å². The van der Waals surface area contributed by atoms with Gasteiger partial charge in [-0.15, -0.1) is 5.11 Å². The van der Waals surface area contributed by atoms with Crippen molar-refractivity contribution < 1.29 is 0 Å². The highest BCUT2D eigenvalue weighted by Crippen LogP contribution is 2.37. The second kappa shape index (κ2) is 3.68. The fourth-order valence-electron chi connectivity index (χ4n) is 2.18. The third-order valence-corrected chi connectivity index (χ3v) is 3.80. The fraction of sp³-hybridized carbons (Fsp3) is 0. The third kappa shape index (κ3) is 1.37. The highest BCUT2D eigenvalue weighted by Gasteiger charge is 2.13. The number of pyridine rings is 1. The zero-order chi connectivity index (χ0) is 11.9. The number of rotatable bonds is 0. The fourth-order valence-corrected chi connectivity index (χ4v) is 2.82. The van der Waals surface area contributed by atoms with Gasteiger partial charge >= 0.3 is 0 Å². The molecular formula is C13H8N4S. The van der Waals surface area contributed by atoms with Crippen molar-refractivity contribution in [2.24, 2.45) is 10.3 Å². The molecule has 0 atom stereocenters. The molecule has 2 aromatic carbocycles. The summed E-state index contributed by atoms with van der Waals surface area (Å²) < 4.78 is 0. The van der Waals surface area contributed by atoms with Crippen molar-refractivity contribution in [1.29, 1.82) is 0 Å². The van der Waals surface area contributed by atoms with Crippen LogP contribution in [0.25, 0.3) is 21.5 Å². The molecule has 18 heavy (non-hydrogen) atoms. The Bertz CT molecular complexity index is 797. The van der Waals surface area contributed by atoms with E-state index < -0.39 is 0 Å². The minimum absolute atomic E-state index is 0.682. The van der Waals surface area contributed by atoms with E-state index in [1.165, 1.54) is 22.7 Å². The zero-order valence-electron chi connectivity index (χ0n) is 9.29. The van der Waals surface area contributed by atoms with Gasteiger partial charge in [-0.05, 0) is 22.9 Å². The SMILES string of the molecule is c1ccc2cc3c4c(ncc3cc2c1)N=NNS4. The van der Waals surface area contributed by atoms with E-state index in [1.54, 1.807) is 0 Å². The lowest BCUT2D eigenvalue weighted by atomic mass is 10.1. The van der Waals surface area contributed by atoms with Crippen molar-refractivity contribution in [3.05, 3.63) is 42.6 Å². The Hall–Kier alpha value is -2.14. The first-order valence-corrected chi connectivity index (χ1v) is 6.37. The summed E-state index contributed by atoms with van der Waals surface area (Å²) in [5.41, 5.74) is 0. The molecule has 1 aromatic heterocycles. The topological polar surface area (TPSA) is 49.6 Å². The first kappa shape index (κ1) is 9.85. The molecule has 0 bridgehead atoms. The number of hydrogen-bond donors (Lipinski definition) is 1. The summed E-state index contributed by atoms with van der Waals surface area (Å²) in [7, 11) is 0. The summed E-state index contributed by atoms with van der Waals surface area (Å²) in [5, 5.41) is 12.5. The highest BCUT2D eigenvalue weighted by atomic mass is 32.2. The van der Waals surface area contributed by atoms with Crippen LogP contribution in [0, 0.1) is 0 Å². The number of nitrogens with one attached hydrogen (secondary N) is 1. The minimum atomic E-state index is 0.682. The lowest BCUT2D eigenvalue weighted by molar-refractivity contribution is 0.927. The maximum absolute atomic E-state index is 4.33. The minimum Gasteiger partial charge on any atom is -0.234 e. The first-order valence-electron chi connectivity index (χ1n) is 5.56. The number of hydrogen-bond acceptors (Lipinski definition) is 5. The van der Waals surface area contributed by atoms with E-state index in [9.17, 15) is 0 Å². The lowest BCUT2D eigenvalue weighted by Gasteiger charge is -2.11. The number of nitrogens with zero attached hydrogens (tertiary/aromatic N) is 3. The van der Waals surface area contributed by atoms with E-state index in [1.807, 2.05) is 18.3 Å². The highest BCUT2D eigenvalue weighted by molar-refractivity contribution is 7.97. The van der Waals surface area contributed by atoms with Crippen LogP contribution in [0.15, 0.2) is 57.8 Å². The lowest BCUT2D eigenvalue weighted by Crippen LogP contribution is -1.97. The molecule has 0 fully saturated rings. The average Bonchev–Trinajstić information content (AvgIpc) is 2.45. The zero-order valence-corrected chi connectivity index (χ0v) is 10.1. The predicted molar refractivity (Wildman–Crippen MR) is 72.8 cm³/mol. The molecule has 0 saturated carbocycles. The first-order chi connectivity index (χ1) is 8.92. The molecule has 1 aliphatic heterocycles. The number of fused-ring (bicyclic) bond motifs is 4. The van der Waals surface area contributed by atoms with Crippen LogP contribution in [0.1, 0.15) is 0 Å². The van der Waals surface area contributed by atoms with E-state index in [0.29, 0.717) is 5.82 Å².